The molecular formula is C22H18ClN3O2. The number of rotatable bonds is 3. The minimum absolute atomic E-state index is 0.0468. The van der Waals surface area contributed by atoms with Crippen LogP contribution in [0.1, 0.15) is 33.2 Å². The van der Waals surface area contributed by atoms with E-state index in [1.54, 1.807) is 35.2 Å². The Labute approximate surface area is 168 Å². The molecule has 1 atom stereocenters. The maximum absolute atomic E-state index is 13.1. The van der Waals surface area contributed by atoms with Crippen molar-refractivity contribution in [2.24, 2.45) is 0 Å². The van der Waals surface area contributed by atoms with Gasteiger partial charge in [-0.2, -0.15) is 0 Å². The molecule has 4 rings (SSSR count). The van der Waals surface area contributed by atoms with E-state index in [1.807, 2.05) is 31.2 Å². The lowest BCUT2D eigenvalue weighted by atomic mass is 10.1. The van der Waals surface area contributed by atoms with E-state index in [1.165, 1.54) is 12.4 Å². The molecule has 1 N–H and O–H groups in total. The number of aromatic nitrogens is 1. The van der Waals surface area contributed by atoms with Crippen LogP contribution in [0.4, 0.5) is 11.4 Å². The summed E-state index contributed by atoms with van der Waals surface area (Å²) >= 11 is 6.10. The first kappa shape index (κ1) is 18.2. The molecule has 1 aliphatic heterocycles. The molecule has 0 saturated heterocycles. The number of benzene rings is 2. The summed E-state index contributed by atoms with van der Waals surface area (Å²) in [4.78, 5) is 31.6. The van der Waals surface area contributed by atoms with Crippen molar-refractivity contribution in [1.29, 1.82) is 0 Å². The van der Waals surface area contributed by atoms with Crippen LogP contribution in [0.2, 0.25) is 5.02 Å². The molecule has 140 valence electrons. The average molecular weight is 392 g/mol. The Morgan fingerprint density at radius 3 is 2.61 bits per heavy atom. The van der Waals surface area contributed by atoms with Gasteiger partial charge in [0.15, 0.2) is 0 Å². The van der Waals surface area contributed by atoms with Crippen molar-refractivity contribution in [2.45, 2.75) is 19.4 Å². The normalized spacial score (nSPS) is 15.2. The number of fused-ring (bicyclic) bond motifs is 1. The number of anilines is 2. The molecular weight excluding hydrogens is 374 g/mol. The van der Waals surface area contributed by atoms with Gasteiger partial charge in [0.05, 0.1) is 21.8 Å². The fourth-order valence-corrected chi connectivity index (χ4v) is 3.64. The lowest BCUT2D eigenvalue weighted by Crippen LogP contribution is -2.35. The zero-order chi connectivity index (χ0) is 19.7. The van der Waals surface area contributed by atoms with Crippen LogP contribution in [-0.4, -0.2) is 22.8 Å². The van der Waals surface area contributed by atoms with Crippen LogP contribution in [0.15, 0.2) is 67.0 Å². The first-order valence-corrected chi connectivity index (χ1v) is 9.35. The highest BCUT2D eigenvalue weighted by atomic mass is 35.5. The van der Waals surface area contributed by atoms with Gasteiger partial charge in [-0.25, -0.2) is 0 Å². The molecule has 1 unspecified atom stereocenters. The number of pyridine rings is 1. The van der Waals surface area contributed by atoms with Crippen molar-refractivity contribution in [1.82, 2.24) is 4.98 Å². The van der Waals surface area contributed by atoms with E-state index in [9.17, 15) is 9.59 Å². The Morgan fingerprint density at radius 2 is 1.79 bits per heavy atom. The maximum Gasteiger partial charge on any atom is 0.260 e. The smallest absolute Gasteiger partial charge is 0.260 e. The van der Waals surface area contributed by atoms with Gasteiger partial charge in [-0.15, -0.1) is 0 Å². The summed E-state index contributed by atoms with van der Waals surface area (Å²) in [7, 11) is 0. The number of para-hydroxylation sites is 2. The number of nitrogens with zero attached hydrogens (tertiary/aromatic N) is 2. The summed E-state index contributed by atoms with van der Waals surface area (Å²) in [6.45, 7) is 2.01. The molecule has 0 radical (unpaired) electrons. The van der Waals surface area contributed by atoms with Crippen molar-refractivity contribution in [3.63, 3.8) is 0 Å². The predicted octanol–water partition coefficient (Wildman–Crippen LogP) is 4.58. The quantitative estimate of drug-likeness (QED) is 0.710. The van der Waals surface area contributed by atoms with E-state index in [0.717, 1.165) is 17.7 Å². The standard InChI is InChI=1S/C22H18ClN3O2/c1-14-10-15-6-2-5-9-20(15)26(14)22(28)17-11-16(12-24-13-17)21(27)25-19-8-4-3-7-18(19)23/h2-9,11-14H,10H2,1H3,(H,25,27). The third-order valence-corrected chi connectivity index (χ3v) is 5.13. The molecule has 2 amide bonds. The number of halogens is 1. The van der Waals surface area contributed by atoms with Crippen LogP contribution in [0.3, 0.4) is 0 Å². The van der Waals surface area contributed by atoms with Crippen LogP contribution >= 0.6 is 11.6 Å². The molecule has 0 saturated carbocycles. The topological polar surface area (TPSA) is 62.3 Å². The Morgan fingerprint density at radius 1 is 1.07 bits per heavy atom. The highest BCUT2D eigenvalue weighted by molar-refractivity contribution is 6.33. The lowest BCUT2D eigenvalue weighted by Gasteiger charge is -2.22. The minimum atomic E-state index is -0.370. The van der Waals surface area contributed by atoms with Crippen molar-refractivity contribution in [2.75, 3.05) is 10.2 Å². The summed E-state index contributed by atoms with van der Waals surface area (Å²) in [6, 6.07) is 16.5. The number of carbonyl (C=O) groups is 2. The zero-order valence-corrected chi connectivity index (χ0v) is 16.0. The summed E-state index contributed by atoms with van der Waals surface area (Å²) in [5, 5.41) is 3.19. The van der Waals surface area contributed by atoms with Crippen LogP contribution < -0.4 is 10.2 Å². The van der Waals surface area contributed by atoms with Gasteiger partial charge in [0.2, 0.25) is 0 Å². The SMILES string of the molecule is CC1Cc2ccccc2N1C(=O)c1cncc(C(=O)Nc2ccccc2Cl)c1. The predicted molar refractivity (Wildman–Crippen MR) is 110 cm³/mol. The second-order valence-electron chi connectivity index (χ2n) is 6.75. The number of carbonyl (C=O) groups excluding carboxylic acids is 2. The largest absolute Gasteiger partial charge is 0.321 e. The number of hydrogen-bond acceptors (Lipinski definition) is 3. The van der Waals surface area contributed by atoms with Crippen molar-refractivity contribution >= 4 is 34.8 Å². The van der Waals surface area contributed by atoms with Crippen LogP contribution in [0, 0.1) is 0 Å². The van der Waals surface area contributed by atoms with Crippen LogP contribution in [-0.2, 0) is 6.42 Å². The fraction of sp³-hybridized carbons (Fsp3) is 0.136. The molecule has 0 fully saturated rings. The minimum Gasteiger partial charge on any atom is -0.321 e. The second kappa shape index (κ2) is 7.44. The number of amides is 2. The van der Waals surface area contributed by atoms with Crippen molar-refractivity contribution in [3.8, 4) is 0 Å². The number of nitrogens with one attached hydrogen (secondary N) is 1. The molecule has 2 aromatic carbocycles. The molecule has 3 aromatic rings. The first-order chi connectivity index (χ1) is 13.5. The molecule has 1 aromatic heterocycles. The summed E-state index contributed by atoms with van der Waals surface area (Å²) < 4.78 is 0. The van der Waals surface area contributed by atoms with Gasteiger partial charge in [0, 0.05) is 24.1 Å². The van der Waals surface area contributed by atoms with E-state index >= 15 is 0 Å². The molecule has 0 aliphatic carbocycles. The third-order valence-electron chi connectivity index (χ3n) is 4.80. The van der Waals surface area contributed by atoms with E-state index < -0.39 is 0 Å². The van der Waals surface area contributed by atoms with Gasteiger partial charge >= 0.3 is 0 Å². The molecule has 2 heterocycles. The highest BCUT2D eigenvalue weighted by Gasteiger charge is 2.31. The van der Waals surface area contributed by atoms with Crippen LogP contribution in [0.5, 0.6) is 0 Å². The maximum atomic E-state index is 13.1. The molecule has 28 heavy (non-hydrogen) atoms. The van der Waals surface area contributed by atoms with Gasteiger partial charge in [0.25, 0.3) is 11.8 Å². The van der Waals surface area contributed by atoms with E-state index in [2.05, 4.69) is 10.3 Å². The number of hydrogen-bond donors (Lipinski definition) is 1. The van der Waals surface area contributed by atoms with E-state index in [0.29, 0.717) is 21.8 Å². The van der Waals surface area contributed by atoms with E-state index in [4.69, 9.17) is 11.6 Å². The summed E-state index contributed by atoms with van der Waals surface area (Å²) in [6.07, 6.45) is 3.73. The average Bonchev–Trinajstić information content (AvgIpc) is 3.05. The van der Waals surface area contributed by atoms with Crippen molar-refractivity contribution < 1.29 is 9.59 Å². The van der Waals surface area contributed by atoms with Crippen molar-refractivity contribution in [3.05, 3.63) is 88.7 Å². The Hall–Kier alpha value is -3.18. The molecule has 0 bridgehead atoms. The van der Waals surface area contributed by atoms with Gasteiger partial charge in [-0.1, -0.05) is 41.9 Å². The Kier molecular flexibility index (Phi) is 4.84. The fourth-order valence-electron chi connectivity index (χ4n) is 3.45. The third kappa shape index (κ3) is 3.37. The van der Waals surface area contributed by atoms with Gasteiger partial charge in [-0.05, 0) is 43.2 Å². The Bertz CT molecular complexity index is 1070. The molecule has 0 spiro atoms. The lowest BCUT2D eigenvalue weighted by molar-refractivity contribution is 0.0981. The van der Waals surface area contributed by atoms with Gasteiger partial charge in [0.1, 0.15) is 0 Å². The van der Waals surface area contributed by atoms with Gasteiger partial charge < -0.3 is 10.2 Å². The zero-order valence-electron chi connectivity index (χ0n) is 15.2. The Balaban J connectivity index is 1.60. The second-order valence-corrected chi connectivity index (χ2v) is 7.16. The summed E-state index contributed by atoms with van der Waals surface area (Å²) in [5.74, 6) is -0.539. The van der Waals surface area contributed by atoms with E-state index in [-0.39, 0.29) is 17.9 Å². The monoisotopic (exact) mass is 391 g/mol. The summed E-state index contributed by atoms with van der Waals surface area (Å²) in [5.41, 5.74) is 3.23. The molecule has 5 nitrogen and oxygen atoms in total. The van der Waals surface area contributed by atoms with Crippen LogP contribution in [0.25, 0.3) is 0 Å². The molecule has 1 aliphatic rings. The first-order valence-electron chi connectivity index (χ1n) is 8.97. The van der Waals surface area contributed by atoms with Gasteiger partial charge in [-0.3, -0.25) is 14.6 Å². The highest BCUT2D eigenvalue weighted by Crippen LogP contribution is 2.33. The molecule has 6 heteroatoms.